The first-order valence-electron chi connectivity index (χ1n) is 36.5. The van der Waals surface area contributed by atoms with Gasteiger partial charge in [0.15, 0.2) is 0 Å². The number of aromatic nitrogens is 1. The molecular formula is C78H96ClF3N10O11S4. The van der Waals surface area contributed by atoms with E-state index in [9.17, 15) is 59.1 Å². The number of hydrogen-bond acceptors (Lipinski definition) is 18. The van der Waals surface area contributed by atoms with Gasteiger partial charge in [-0.2, -0.15) is 13.2 Å². The molecule has 6 atom stereocenters. The number of nitrogens with one attached hydrogen (secondary N) is 4. The summed E-state index contributed by atoms with van der Waals surface area (Å²) in [7, 11) is -11.2. The van der Waals surface area contributed by atoms with Gasteiger partial charge in [0, 0.05) is 112 Å². The van der Waals surface area contributed by atoms with Gasteiger partial charge in [-0.15, -0.1) is 23.1 Å². The lowest BCUT2D eigenvalue weighted by Crippen LogP contribution is -2.58. The first-order chi connectivity index (χ1) is 50.7. The predicted molar refractivity (Wildman–Crippen MR) is 412 cm³/mol. The molecule has 0 saturated carbocycles. The second kappa shape index (κ2) is 34.1. The van der Waals surface area contributed by atoms with E-state index in [2.05, 4.69) is 61.6 Å². The number of unbranched alkanes of at least 4 members (excludes halogenated alkanes) is 2. The summed E-state index contributed by atoms with van der Waals surface area (Å²) in [5, 5.41) is 20.4. The van der Waals surface area contributed by atoms with Crippen LogP contribution in [0, 0.1) is 17.8 Å². The number of sulfonamides is 1. The lowest BCUT2D eigenvalue weighted by atomic mass is 9.72. The number of carbonyl (C=O) groups is 5. The molecule has 3 fully saturated rings. The number of amides is 5. The van der Waals surface area contributed by atoms with E-state index in [1.807, 2.05) is 99.1 Å². The van der Waals surface area contributed by atoms with E-state index in [1.54, 1.807) is 23.4 Å². The van der Waals surface area contributed by atoms with Crippen molar-refractivity contribution >= 4 is 101 Å². The van der Waals surface area contributed by atoms with E-state index in [4.69, 9.17) is 16.3 Å². The van der Waals surface area contributed by atoms with Gasteiger partial charge in [-0.25, -0.2) is 26.5 Å². The number of β-amino-alcohol motifs (C(OH)–C–C–N with tert-alkyl or cyclic N) is 1. The summed E-state index contributed by atoms with van der Waals surface area (Å²) in [5.41, 5.74) is 2.15. The van der Waals surface area contributed by atoms with Crippen molar-refractivity contribution in [2.24, 2.45) is 10.8 Å². The molecule has 5 amide bonds. The van der Waals surface area contributed by atoms with Crippen molar-refractivity contribution in [2.75, 3.05) is 88.0 Å². The van der Waals surface area contributed by atoms with Crippen LogP contribution in [-0.4, -0.2) is 190 Å². The van der Waals surface area contributed by atoms with Crippen LogP contribution >= 0.6 is 34.7 Å². The van der Waals surface area contributed by atoms with Crippen LogP contribution < -0.4 is 30.3 Å². The molecule has 5 heterocycles. The van der Waals surface area contributed by atoms with E-state index >= 15 is 0 Å². The predicted octanol–water partition coefficient (Wildman–Crippen LogP) is 12.2. The minimum atomic E-state index is -6.20. The molecule has 1 aliphatic carbocycles. The number of anilines is 2. The highest BCUT2D eigenvalue weighted by atomic mass is 35.5. The number of aliphatic hydroxyl groups excluding tert-OH is 1. The van der Waals surface area contributed by atoms with Crippen molar-refractivity contribution in [3.8, 4) is 16.2 Å². The molecule has 4 aliphatic heterocycles. The number of ether oxygens (including phenoxy) is 1. The number of halogens is 4. The fourth-order valence-corrected chi connectivity index (χ4v) is 18.7. The van der Waals surface area contributed by atoms with E-state index in [-0.39, 0.29) is 66.3 Å². The monoisotopic (exact) mass is 1570 g/mol. The molecule has 21 nitrogen and oxygen atoms in total. The SMILES string of the molecule is Cc1ncsc1-c1ccc([C@H](C)C(=O)N[C@@H]2C[C@@H](O)CN2C(=O)[C@@H](NC(=O)CCCCCC(=O)N2CCN(CC[C@H](CSc3ccccc3)Nc3ccc(S(=O)(=O)NC(=O)c4ccc5c(c4)OC[C@@H]4CN(CC6=C(c7ccc(Cl)cc7)CCC(C)(C)C6)CCN54)cc3S(=O)(=O)C(F)(F)F)CC2)C(C)(C)C)cc1. The standard InChI is InChI=1S/C78H96ClF3N10O11S4/c1-50(52-18-20-54(21-19-52)71-51(2)83-49-105-71)73(96)85-68-41-60(93)46-92(68)75(98)72(76(3,4)5)86-69(94)16-12-9-13-17-70(95)90-37-34-88(35-38-90)33-31-58(48-104-61-14-10-8-11-15-61)84-64-28-27-62(42-67(64)106(99,100)78(80,81)82)107(101,102)87-74(97)55-24-29-65-66(40-55)103-47-59-45-89(36-39-91(59)65)44-56-43-77(6,7)32-30-63(56)53-22-25-57(79)26-23-53/h8,10-11,14-15,18-29,40,42,49-50,58-60,68,72,84,93H,9,12-13,16-17,30-39,41,43-48H2,1-7H3,(H,85,96)(H,86,94)(H,87,97)/t50-,58+,59-,60+,68-,72+/m0/s1. The molecule has 1 aromatic heterocycles. The van der Waals surface area contributed by atoms with E-state index < -0.39 is 88.3 Å². The van der Waals surface area contributed by atoms with E-state index in [0.717, 1.165) is 83.3 Å². The van der Waals surface area contributed by atoms with Crippen molar-refractivity contribution in [3.05, 3.63) is 154 Å². The van der Waals surface area contributed by atoms with Crippen LogP contribution in [0.5, 0.6) is 5.75 Å². The number of thioether (sulfide) groups is 1. The van der Waals surface area contributed by atoms with Crippen molar-refractivity contribution < 1.29 is 63.8 Å². The fraction of sp³-hybridized carbons (Fsp3) is 0.487. The van der Waals surface area contributed by atoms with Crippen LogP contribution in [0.15, 0.2) is 141 Å². The van der Waals surface area contributed by atoms with Crippen LogP contribution in [0.1, 0.15) is 139 Å². The number of fused-ring (bicyclic) bond motifs is 3. The number of hydrogen-bond donors (Lipinski definition) is 5. The van der Waals surface area contributed by atoms with Gasteiger partial charge in [-0.3, -0.25) is 33.8 Å². The molecular weight excluding hydrogens is 1470 g/mol. The summed E-state index contributed by atoms with van der Waals surface area (Å²) >= 11 is 9.18. The summed E-state index contributed by atoms with van der Waals surface area (Å²) < 4.78 is 107. The van der Waals surface area contributed by atoms with Crippen LogP contribution in [0.4, 0.5) is 24.5 Å². The number of rotatable bonds is 27. The fourth-order valence-electron chi connectivity index (χ4n) is 14.7. The van der Waals surface area contributed by atoms with Crippen molar-refractivity contribution in [2.45, 2.75) is 169 Å². The molecule has 107 heavy (non-hydrogen) atoms. The Morgan fingerprint density at radius 1 is 0.832 bits per heavy atom. The molecule has 0 unspecified atom stereocenters. The van der Waals surface area contributed by atoms with Gasteiger partial charge in [0.2, 0.25) is 23.6 Å². The van der Waals surface area contributed by atoms with Gasteiger partial charge in [-0.1, -0.05) is 113 Å². The Bertz CT molecular complexity index is 4460. The number of allylic oxidation sites excluding steroid dienone is 1. The van der Waals surface area contributed by atoms with Crippen LogP contribution in [0.2, 0.25) is 5.02 Å². The maximum atomic E-state index is 14.7. The normalized spacial score (nSPS) is 19.6. The van der Waals surface area contributed by atoms with Gasteiger partial charge in [0.05, 0.1) is 50.4 Å². The molecule has 6 aromatic rings. The third-order valence-electron chi connectivity index (χ3n) is 20.9. The number of aryl methyl sites for hydroxylation is 1. The summed E-state index contributed by atoms with van der Waals surface area (Å²) in [4.78, 5) is 82.8. The lowest BCUT2D eigenvalue weighted by Gasteiger charge is -2.46. The van der Waals surface area contributed by atoms with Crippen molar-refractivity contribution in [3.63, 3.8) is 0 Å². The molecule has 576 valence electrons. The highest BCUT2D eigenvalue weighted by Gasteiger charge is 2.49. The number of likely N-dealkylation sites (tertiary alicyclic amines) is 1. The summed E-state index contributed by atoms with van der Waals surface area (Å²) in [6.07, 6.45) is 3.62. The molecule has 5 N–H and O–H groups in total. The van der Waals surface area contributed by atoms with Gasteiger partial charge in [-0.05, 0) is 146 Å². The Morgan fingerprint density at radius 2 is 1.53 bits per heavy atom. The van der Waals surface area contributed by atoms with Gasteiger partial charge in [0.1, 0.15) is 29.5 Å². The number of aliphatic hydroxyl groups is 1. The average molecular weight is 1570 g/mol. The van der Waals surface area contributed by atoms with Crippen LogP contribution in [-0.2, 0) is 39.0 Å². The zero-order valence-corrected chi connectivity index (χ0v) is 65.4. The van der Waals surface area contributed by atoms with Gasteiger partial charge >= 0.3 is 5.51 Å². The minimum absolute atomic E-state index is 0.0135. The molecule has 5 aliphatic rings. The third-order valence-corrected chi connectivity index (χ3v) is 26.1. The Labute approximate surface area is 638 Å². The van der Waals surface area contributed by atoms with Gasteiger partial charge < -0.3 is 40.5 Å². The van der Waals surface area contributed by atoms with Crippen molar-refractivity contribution in [1.29, 1.82) is 0 Å². The third kappa shape index (κ3) is 20.1. The number of nitrogens with zero attached hydrogens (tertiary/aromatic N) is 6. The minimum Gasteiger partial charge on any atom is -0.489 e. The molecule has 0 radical (unpaired) electrons. The zero-order valence-electron chi connectivity index (χ0n) is 61.4. The summed E-state index contributed by atoms with van der Waals surface area (Å²) in [6.45, 7) is 19.2. The number of thiazole rings is 1. The van der Waals surface area contributed by atoms with E-state index in [0.29, 0.717) is 88.4 Å². The number of sulfone groups is 1. The number of piperazine rings is 2. The maximum Gasteiger partial charge on any atom is 0.501 e. The Morgan fingerprint density at radius 3 is 2.22 bits per heavy atom. The lowest BCUT2D eigenvalue weighted by molar-refractivity contribution is -0.142. The first kappa shape index (κ1) is 80.4. The molecule has 5 aromatic carbocycles. The largest absolute Gasteiger partial charge is 0.501 e. The average Bonchev–Trinajstić information content (AvgIpc) is 1.39. The van der Waals surface area contributed by atoms with Crippen molar-refractivity contribution in [1.82, 2.24) is 39.9 Å². The molecule has 29 heteroatoms. The summed E-state index contributed by atoms with van der Waals surface area (Å²) in [6, 6.07) is 30.1. The molecule has 0 bridgehead atoms. The highest BCUT2D eigenvalue weighted by Crippen LogP contribution is 2.45. The quantitative estimate of drug-likeness (QED) is 0.0237. The van der Waals surface area contributed by atoms with Crippen LogP contribution in [0.3, 0.4) is 0 Å². The maximum absolute atomic E-state index is 14.7. The van der Waals surface area contributed by atoms with E-state index in [1.165, 1.54) is 56.8 Å². The molecule has 3 saturated heterocycles. The number of carbonyl (C=O) groups excluding carboxylic acids is 5. The van der Waals surface area contributed by atoms with Crippen LogP contribution in [0.25, 0.3) is 16.0 Å². The second-order valence-electron chi connectivity index (χ2n) is 30.5. The molecule has 0 spiro atoms. The second-order valence-corrected chi connectivity index (χ2v) is 36.4. The first-order valence-corrected chi connectivity index (χ1v) is 41.7. The number of benzene rings is 5. The Balaban J connectivity index is 0.655. The summed E-state index contributed by atoms with van der Waals surface area (Å²) in [5.74, 6) is -2.21. The topological polar surface area (TPSA) is 260 Å². The number of alkyl halides is 3. The highest BCUT2D eigenvalue weighted by molar-refractivity contribution is 7.99. The Kier molecular flexibility index (Phi) is 25.7. The smallest absolute Gasteiger partial charge is 0.489 e. The zero-order chi connectivity index (χ0) is 76.8. The van der Waals surface area contributed by atoms with Gasteiger partial charge in [0.25, 0.3) is 25.8 Å². The Hall–Kier alpha value is -7.57. The molecule has 11 rings (SSSR count).